The molecule has 1 aliphatic carbocycles. The number of Topliss-reactive ketones (excluding diaryl/α,β-unsaturated/α-hetero) is 1. The van der Waals surface area contributed by atoms with Crippen molar-refractivity contribution in [3.05, 3.63) is 33.8 Å². The molecule has 0 saturated carbocycles. The van der Waals surface area contributed by atoms with Gasteiger partial charge in [0, 0.05) is 10.0 Å². The van der Waals surface area contributed by atoms with Gasteiger partial charge in [0.15, 0.2) is 5.78 Å². The van der Waals surface area contributed by atoms with E-state index < -0.39 is 47.6 Å². The number of rotatable bonds is 3. The molecule has 1 aromatic carbocycles. The van der Waals surface area contributed by atoms with Crippen molar-refractivity contribution in [1.29, 1.82) is 0 Å². The molecule has 0 spiro atoms. The molecule has 0 bridgehead atoms. The van der Waals surface area contributed by atoms with E-state index in [0.29, 0.717) is 0 Å². The van der Waals surface area contributed by atoms with Crippen LogP contribution in [0.1, 0.15) is 22.3 Å². The quantitative estimate of drug-likeness (QED) is 0.551. The van der Waals surface area contributed by atoms with E-state index in [0.717, 1.165) is 6.07 Å². The molecule has 1 nitrogen and oxygen atoms in total. The maximum atomic E-state index is 14.0. The highest BCUT2D eigenvalue weighted by Gasteiger charge is 2.83. The molecule has 2 rings (SSSR count). The molecule has 0 aliphatic heterocycles. The largest absolute Gasteiger partial charge is 0.460 e. The summed E-state index contributed by atoms with van der Waals surface area (Å²) < 4.78 is 118. The minimum absolute atomic E-state index is 0.214. The fourth-order valence-electron chi connectivity index (χ4n) is 2.57. The van der Waals surface area contributed by atoms with Crippen LogP contribution in [0.4, 0.5) is 39.5 Å². The highest BCUT2D eigenvalue weighted by atomic mass is 79.9. The summed E-state index contributed by atoms with van der Waals surface area (Å²) in [4.78, 5) is 12.1. The molecule has 0 radical (unpaired) electrons. The highest BCUT2D eigenvalue weighted by molar-refractivity contribution is 9.10. The van der Waals surface area contributed by atoms with E-state index in [9.17, 15) is 44.3 Å². The highest BCUT2D eigenvalue weighted by Crippen LogP contribution is 2.56. The van der Waals surface area contributed by atoms with Crippen LogP contribution in [-0.2, 0) is 6.42 Å². The smallest absolute Gasteiger partial charge is 0.294 e. The van der Waals surface area contributed by atoms with E-state index in [1.54, 1.807) is 0 Å². The third-order valence-electron chi connectivity index (χ3n) is 3.96. The minimum Gasteiger partial charge on any atom is -0.294 e. The van der Waals surface area contributed by atoms with E-state index in [2.05, 4.69) is 15.9 Å². The third kappa shape index (κ3) is 2.93. The predicted molar refractivity (Wildman–Crippen MR) is 71.2 cm³/mol. The van der Waals surface area contributed by atoms with Crippen LogP contribution in [-0.4, -0.2) is 29.7 Å². The lowest BCUT2D eigenvalue weighted by atomic mass is 9.76. The molecule has 0 saturated heterocycles. The Balaban J connectivity index is 2.48. The average molecular weight is 443 g/mol. The first-order valence-corrected chi connectivity index (χ1v) is 7.46. The minimum atomic E-state index is -7.00. The first kappa shape index (κ1) is 20.1. The number of alkyl halides is 9. The summed E-state index contributed by atoms with van der Waals surface area (Å²) in [6.07, 6.45) is -8.23. The van der Waals surface area contributed by atoms with Gasteiger partial charge in [0.2, 0.25) is 0 Å². The number of hydrogen-bond donors (Lipinski definition) is 0. The lowest BCUT2D eigenvalue weighted by Crippen LogP contribution is -2.64. The summed E-state index contributed by atoms with van der Waals surface area (Å²) in [7, 11) is 0. The molecule has 140 valence electrons. The van der Waals surface area contributed by atoms with Crippen molar-refractivity contribution in [2.24, 2.45) is 5.92 Å². The molecule has 25 heavy (non-hydrogen) atoms. The molecule has 1 unspecified atom stereocenters. The van der Waals surface area contributed by atoms with Crippen LogP contribution >= 0.6 is 15.9 Å². The summed E-state index contributed by atoms with van der Waals surface area (Å²) in [5, 5.41) is 0. The van der Waals surface area contributed by atoms with Crippen LogP contribution < -0.4 is 0 Å². The predicted octanol–water partition coefficient (Wildman–Crippen LogP) is 5.66. The summed E-state index contributed by atoms with van der Waals surface area (Å²) in [6, 6.07) is 3.81. The van der Waals surface area contributed by atoms with E-state index in [-0.39, 0.29) is 16.5 Å². The van der Waals surface area contributed by atoms with Crippen LogP contribution in [0.3, 0.4) is 0 Å². The van der Waals surface area contributed by atoms with Crippen LogP contribution in [0.15, 0.2) is 22.7 Å². The molecule has 0 N–H and O–H groups in total. The summed E-state index contributed by atoms with van der Waals surface area (Å²) in [5.74, 6) is -24.3. The Kier molecular flexibility index (Phi) is 4.72. The van der Waals surface area contributed by atoms with Crippen LogP contribution in [0.25, 0.3) is 0 Å². The average Bonchev–Trinajstić information content (AvgIpc) is 2.46. The van der Waals surface area contributed by atoms with Crippen LogP contribution in [0, 0.1) is 5.92 Å². The van der Waals surface area contributed by atoms with Crippen molar-refractivity contribution in [1.82, 2.24) is 0 Å². The van der Waals surface area contributed by atoms with Gasteiger partial charge in [-0.15, -0.1) is 0 Å². The Bertz CT molecular complexity index is 696. The molecule has 1 atom stereocenters. The van der Waals surface area contributed by atoms with E-state index >= 15 is 0 Å². The fourth-order valence-corrected chi connectivity index (χ4v) is 2.93. The number of fused-ring (bicyclic) bond motifs is 1. The van der Waals surface area contributed by atoms with Gasteiger partial charge in [0.25, 0.3) is 0 Å². The number of hydrogen-bond acceptors (Lipinski definition) is 1. The van der Waals surface area contributed by atoms with Gasteiger partial charge in [-0.3, -0.25) is 4.79 Å². The van der Waals surface area contributed by atoms with Crippen molar-refractivity contribution in [3.63, 3.8) is 0 Å². The lowest BCUT2D eigenvalue weighted by Gasteiger charge is -2.38. The Hall–Kier alpha value is -1.26. The first-order chi connectivity index (χ1) is 11.1. The topological polar surface area (TPSA) is 17.1 Å². The van der Waals surface area contributed by atoms with E-state index in [4.69, 9.17) is 0 Å². The number of carbonyl (C=O) groups excluding carboxylic acids is 1. The third-order valence-corrected chi connectivity index (χ3v) is 4.46. The molecule has 11 heteroatoms. The molecular weight excluding hydrogens is 435 g/mol. The van der Waals surface area contributed by atoms with Gasteiger partial charge in [-0.25, -0.2) is 0 Å². The molecule has 0 fully saturated rings. The Morgan fingerprint density at radius 2 is 1.48 bits per heavy atom. The van der Waals surface area contributed by atoms with Crippen LogP contribution in [0.5, 0.6) is 0 Å². The van der Waals surface area contributed by atoms with Gasteiger partial charge in [-0.05, 0) is 30.5 Å². The zero-order chi connectivity index (χ0) is 19.4. The van der Waals surface area contributed by atoms with Gasteiger partial charge in [0.05, 0.1) is 5.92 Å². The number of benzene rings is 1. The maximum absolute atomic E-state index is 14.0. The van der Waals surface area contributed by atoms with Gasteiger partial charge in [-0.1, -0.05) is 22.0 Å². The molecule has 1 aromatic rings. The van der Waals surface area contributed by atoms with Gasteiger partial charge in [-0.2, -0.15) is 39.5 Å². The molecule has 1 aliphatic rings. The number of ketones is 1. The second-order valence-corrected chi connectivity index (χ2v) is 6.44. The molecule has 0 heterocycles. The summed E-state index contributed by atoms with van der Waals surface area (Å²) in [6.45, 7) is 0. The van der Waals surface area contributed by atoms with Crippen molar-refractivity contribution in [2.45, 2.75) is 36.8 Å². The van der Waals surface area contributed by atoms with Crippen molar-refractivity contribution in [3.8, 4) is 0 Å². The van der Waals surface area contributed by atoms with Gasteiger partial charge < -0.3 is 0 Å². The Morgan fingerprint density at radius 3 is 2.00 bits per heavy atom. The second kappa shape index (κ2) is 5.88. The lowest BCUT2D eigenvalue weighted by molar-refractivity contribution is -0.400. The van der Waals surface area contributed by atoms with Crippen molar-refractivity contribution >= 4 is 21.7 Å². The standard InChI is InChI=1S/C14H8BrF9O/c15-7-3-1-6-2-4-9(10(25)8(6)5-7)11(16,17)12(18,19)13(20,21)14(22,23)24/h1,3,5,9H,2,4H2. The molecular formula is C14H8BrF9O. The second-order valence-electron chi connectivity index (χ2n) is 5.53. The fraction of sp³-hybridized carbons (Fsp3) is 0.500. The monoisotopic (exact) mass is 442 g/mol. The normalized spacial score (nSPS) is 19.8. The Morgan fingerprint density at radius 1 is 0.920 bits per heavy atom. The van der Waals surface area contributed by atoms with Gasteiger partial charge >= 0.3 is 23.9 Å². The van der Waals surface area contributed by atoms with Crippen molar-refractivity contribution in [2.75, 3.05) is 0 Å². The number of carbonyl (C=O) groups is 1. The molecule has 0 aromatic heterocycles. The zero-order valence-corrected chi connectivity index (χ0v) is 13.5. The number of halogens is 10. The summed E-state index contributed by atoms with van der Waals surface area (Å²) >= 11 is 2.93. The number of aryl methyl sites for hydroxylation is 1. The molecule has 0 amide bonds. The van der Waals surface area contributed by atoms with E-state index in [1.165, 1.54) is 12.1 Å². The SMILES string of the molecule is O=C1c2cc(Br)ccc2CCC1C(F)(F)C(F)(F)C(F)(F)C(F)(F)F. The Labute approximate surface area is 143 Å². The first-order valence-electron chi connectivity index (χ1n) is 6.67. The van der Waals surface area contributed by atoms with E-state index in [1.807, 2.05) is 0 Å². The van der Waals surface area contributed by atoms with Crippen LogP contribution in [0.2, 0.25) is 0 Å². The summed E-state index contributed by atoms with van der Waals surface area (Å²) in [5.41, 5.74) is -0.206. The van der Waals surface area contributed by atoms with Gasteiger partial charge in [0.1, 0.15) is 0 Å². The maximum Gasteiger partial charge on any atom is 0.460 e. The zero-order valence-electron chi connectivity index (χ0n) is 11.9. The van der Waals surface area contributed by atoms with Crippen molar-refractivity contribution < 1.29 is 44.3 Å².